The maximum absolute atomic E-state index is 12.8. The predicted octanol–water partition coefficient (Wildman–Crippen LogP) is 2.94. The molecular weight excluding hydrogens is 378 g/mol. The van der Waals surface area contributed by atoms with Crippen LogP contribution in [0.3, 0.4) is 0 Å². The van der Waals surface area contributed by atoms with Gasteiger partial charge in [0.15, 0.2) is 0 Å². The van der Waals surface area contributed by atoms with Gasteiger partial charge in [0.25, 0.3) is 0 Å². The van der Waals surface area contributed by atoms with Crippen LogP contribution in [-0.2, 0) is 4.79 Å². The fraction of sp³-hybridized carbons (Fsp3) is 0.652. The molecule has 1 atom stereocenters. The van der Waals surface area contributed by atoms with E-state index in [0.717, 1.165) is 57.8 Å². The van der Waals surface area contributed by atoms with Gasteiger partial charge in [0.05, 0.1) is 5.92 Å². The van der Waals surface area contributed by atoms with Gasteiger partial charge in [-0.15, -0.1) is 0 Å². The number of piperazine rings is 1. The smallest absolute Gasteiger partial charge is 0.320 e. The molecular formula is C23H37N5O2. The predicted molar refractivity (Wildman–Crippen MR) is 122 cm³/mol. The van der Waals surface area contributed by atoms with Crippen molar-refractivity contribution in [2.45, 2.75) is 33.6 Å². The lowest BCUT2D eigenvalue weighted by molar-refractivity contribution is -0.121. The molecule has 2 fully saturated rings. The molecule has 0 aromatic heterocycles. The Morgan fingerprint density at radius 3 is 2.27 bits per heavy atom. The summed E-state index contributed by atoms with van der Waals surface area (Å²) in [6.07, 6.45) is 1.70. The van der Waals surface area contributed by atoms with Crippen LogP contribution in [0.15, 0.2) is 24.3 Å². The van der Waals surface area contributed by atoms with Crippen LogP contribution in [0.5, 0.6) is 0 Å². The number of hydrogen-bond acceptors (Lipinski definition) is 4. The zero-order chi connectivity index (χ0) is 21.5. The minimum absolute atomic E-state index is 0.0105. The van der Waals surface area contributed by atoms with Gasteiger partial charge in [-0.2, -0.15) is 0 Å². The molecule has 2 heterocycles. The summed E-state index contributed by atoms with van der Waals surface area (Å²) in [5.41, 5.74) is 2.03. The van der Waals surface area contributed by atoms with Crippen molar-refractivity contribution in [2.75, 3.05) is 69.1 Å². The van der Waals surface area contributed by atoms with E-state index in [1.54, 1.807) is 0 Å². The molecule has 1 aromatic carbocycles. The zero-order valence-corrected chi connectivity index (χ0v) is 18.8. The lowest BCUT2D eigenvalue weighted by Crippen LogP contribution is -2.49. The van der Waals surface area contributed by atoms with Crippen molar-refractivity contribution in [3.05, 3.63) is 24.3 Å². The van der Waals surface area contributed by atoms with E-state index in [-0.39, 0.29) is 17.9 Å². The molecule has 2 aliphatic rings. The molecule has 0 bridgehead atoms. The third-order valence-electron chi connectivity index (χ3n) is 6.42. The van der Waals surface area contributed by atoms with E-state index >= 15 is 0 Å². The highest BCUT2D eigenvalue weighted by molar-refractivity contribution is 5.93. The Balaban J connectivity index is 1.53. The van der Waals surface area contributed by atoms with Crippen LogP contribution in [0.1, 0.15) is 33.6 Å². The molecule has 0 unspecified atom stereocenters. The topological polar surface area (TPSA) is 59.1 Å². The van der Waals surface area contributed by atoms with E-state index in [2.05, 4.69) is 34.2 Å². The Labute approximate surface area is 181 Å². The molecule has 3 amide bonds. The second-order valence-corrected chi connectivity index (χ2v) is 8.20. The summed E-state index contributed by atoms with van der Waals surface area (Å²) in [4.78, 5) is 34.0. The first-order chi connectivity index (χ1) is 14.5. The van der Waals surface area contributed by atoms with E-state index in [9.17, 15) is 9.59 Å². The first kappa shape index (κ1) is 22.4. The monoisotopic (exact) mass is 415 g/mol. The van der Waals surface area contributed by atoms with E-state index in [1.165, 1.54) is 5.69 Å². The third-order valence-corrected chi connectivity index (χ3v) is 6.42. The number of hydrogen-bond donors (Lipinski definition) is 1. The highest BCUT2D eigenvalue weighted by atomic mass is 16.2. The highest BCUT2D eigenvalue weighted by Gasteiger charge is 2.30. The third kappa shape index (κ3) is 5.45. The summed E-state index contributed by atoms with van der Waals surface area (Å²) in [6, 6.07) is 8.20. The number of rotatable bonds is 6. The Kier molecular flexibility index (Phi) is 7.96. The van der Waals surface area contributed by atoms with Crippen LogP contribution in [0.4, 0.5) is 16.2 Å². The van der Waals surface area contributed by atoms with Crippen LogP contribution in [0.2, 0.25) is 0 Å². The van der Waals surface area contributed by atoms with Gasteiger partial charge in [-0.1, -0.05) is 6.92 Å². The van der Waals surface area contributed by atoms with Crippen molar-refractivity contribution < 1.29 is 9.59 Å². The molecule has 0 radical (unpaired) electrons. The summed E-state index contributed by atoms with van der Waals surface area (Å²) in [5.74, 6) is -0.142. The van der Waals surface area contributed by atoms with Crippen LogP contribution in [-0.4, -0.2) is 85.5 Å². The normalized spacial score (nSPS) is 20.2. The number of urea groups is 1. The Bertz CT molecular complexity index is 696. The number of carbonyl (C=O) groups excluding carboxylic acids is 2. The molecule has 30 heavy (non-hydrogen) atoms. The second-order valence-electron chi connectivity index (χ2n) is 8.20. The Morgan fingerprint density at radius 2 is 1.67 bits per heavy atom. The number of anilines is 2. The average Bonchev–Trinajstić information content (AvgIpc) is 2.80. The van der Waals surface area contributed by atoms with Crippen molar-refractivity contribution in [3.63, 3.8) is 0 Å². The molecule has 1 aromatic rings. The fourth-order valence-corrected chi connectivity index (χ4v) is 4.38. The number of benzene rings is 1. The molecule has 2 saturated heterocycles. The lowest BCUT2D eigenvalue weighted by Gasteiger charge is -2.36. The number of likely N-dealkylation sites (N-methyl/N-ethyl adjacent to an activating group) is 1. The molecule has 1 N–H and O–H groups in total. The first-order valence-corrected chi connectivity index (χ1v) is 11.5. The lowest BCUT2D eigenvalue weighted by atomic mass is 9.97. The molecule has 0 aliphatic carbocycles. The zero-order valence-electron chi connectivity index (χ0n) is 18.8. The number of likely N-dealkylation sites (tertiary alicyclic amines) is 1. The van der Waals surface area contributed by atoms with Gasteiger partial charge in [0.2, 0.25) is 5.91 Å². The van der Waals surface area contributed by atoms with Crippen LogP contribution in [0.25, 0.3) is 0 Å². The highest BCUT2D eigenvalue weighted by Crippen LogP contribution is 2.22. The molecule has 2 aliphatic heterocycles. The van der Waals surface area contributed by atoms with E-state index < -0.39 is 0 Å². The molecule has 0 saturated carbocycles. The van der Waals surface area contributed by atoms with E-state index in [1.807, 2.05) is 35.8 Å². The van der Waals surface area contributed by atoms with Crippen molar-refractivity contribution in [1.82, 2.24) is 14.7 Å². The summed E-state index contributed by atoms with van der Waals surface area (Å²) >= 11 is 0. The van der Waals surface area contributed by atoms with Crippen molar-refractivity contribution in [2.24, 2.45) is 5.92 Å². The first-order valence-electron chi connectivity index (χ1n) is 11.5. The molecule has 7 heteroatoms. The molecule has 3 rings (SSSR count). The van der Waals surface area contributed by atoms with Crippen molar-refractivity contribution in [3.8, 4) is 0 Å². The number of nitrogens with one attached hydrogen (secondary N) is 1. The van der Waals surface area contributed by atoms with Gasteiger partial charge in [0, 0.05) is 63.7 Å². The minimum atomic E-state index is -0.153. The van der Waals surface area contributed by atoms with Crippen LogP contribution >= 0.6 is 0 Å². The number of amides is 3. The SMILES string of the molecule is CCN1CCN(c2ccc(NC(=O)[C@@H]3CCCN(C(=O)N(CC)CC)C3)cc2)CC1. The Morgan fingerprint density at radius 1 is 1.00 bits per heavy atom. The number of nitrogens with zero attached hydrogens (tertiary/aromatic N) is 4. The molecule has 7 nitrogen and oxygen atoms in total. The van der Waals surface area contributed by atoms with Gasteiger partial charge in [-0.3, -0.25) is 4.79 Å². The number of piperidine rings is 1. The standard InChI is InChI=1S/C23H37N5O2/c1-4-25-14-16-27(17-15-25)21-11-9-20(10-12-21)24-22(29)19-8-7-13-28(18-19)23(30)26(5-2)6-3/h9-12,19H,4-8,13-18H2,1-3H3,(H,24,29)/t19-/m1/s1. The van der Waals surface area contributed by atoms with E-state index in [0.29, 0.717) is 19.6 Å². The largest absolute Gasteiger partial charge is 0.369 e. The number of carbonyl (C=O) groups is 2. The van der Waals surface area contributed by atoms with Crippen molar-refractivity contribution in [1.29, 1.82) is 0 Å². The maximum atomic E-state index is 12.8. The summed E-state index contributed by atoms with van der Waals surface area (Å²) in [6.45, 7) is 14.2. The van der Waals surface area contributed by atoms with Crippen LogP contribution < -0.4 is 10.2 Å². The quantitative estimate of drug-likeness (QED) is 0.776. The summed E-state index contributed by atoms with van der Waals surface area (Å²) < 4.78 is 0. The van der Waals surface area contributed by atoms with E-state index in [4.69, 9.17) is 0 Å². The van der Waals surface area contributed by atoms with Gasteiger partial charge in [-0.05, 0) is 57.5 Å². The maximum Gasteiger partial charge on any atom is 0.320 e. The van der Waals surface area contributed by atoms with Gasteiger partial charge < -0.3 is 24.9 Å². The second kappa shape index (κ2) is 10.7. The minimum Gasteiger partial charge on any atom is -0.369 e. The van der Waals surface area contributed by atoms with Gasteiger partial charge in [0.1, 0.15) is 0 Å². The fourth-order valence-electron chi connectivity index (χ4n) is 4.38. The molecule has 0 spiro atoms. The van der Waals surface area contributed by atoms with Crippen molar-refractivity contribution >= 4 is 23.3 Å². The van der Waals surface area contributed by atoms with Gasteiger partial charge in [-0.25, -0.2) is 4.79 Å². The summed E-state index contributed by atoms with van der Waals surface area (Å²) in [7, 11) is 0. The van der Waals surface area contributed by atoms with Crippen LogP contribution in [0, 0.1) is 5.92 Å². The molecule has 166 valence electrons. The Hall–Kier alpha value is -2.28. The van der Waals surface area contributed by atoms with Gasteiger partial charge >= 0.3 is 6.03 Å². The average molecular weight is 416 g/mol. The summed E-state index contributed by atoms with van der Waals surface area (Å²) in [5, 5.41) is 3.06.